The molecule has 0 aliphatic heterocycles. The van der Waals surface area contributed by atoms with E-state index in [-0.39, 0.29) is 12.6 Å². The van der Waals surface area contributed by atoms with Crippen molar-refractivity contribution in [3.63, 3.8) is 0 Å². The molecule has 0 saturated carbocycles. The number of carbonyl (C=O) groups is 1. The molecule has 0 unspecified atom stereocenters. The Kier molecular flexibility index (Phi) is 5.37. The summed E-state index contributed by atoms with van der Waals surface area (Å²) in [7, 11) is 0. The second-order valence-corrected chi connectivity index (χ2v) is 5.51. The maximum atomic E-state index is 11.7. The monoisotopic (exact) mass is 382 g/mol. The second-order valence-electron chi connectivity index (χ2n) is 4.27. The number of rotatable bonds is 4. The standard InChI is InChI=1S/C15H15IN2O2/c16-12-6-8-13(9-7-12)18-15(20)17-10-14(19)11-4-2-1-3-5-11/h1-9,14,19H,10H2,(H2,17,18,20)/t14-/m1/s1. The minimum absolute atomic E-state index is 0.167. The van der Waals surface area contributed by atoms with E-state index in [0.29, 0.717) is 0 Å². The molecular weight excluding hydrogens is 367 g/mol. The van der Waals surface area contributed by atoms with Gasteiger partial charge in [-0.15, -0.1) is 0 Å². The summed E-state index contributed by atoms with van der Waals surface area (Å²) in [5.41, 5.74) is 1.50. The Bertz CT molecular complexity index is 558. The van der Waals surface area contributed by atoms with Crippen molar-refractivity contribution in [1.82, 2.24) is 5.32 Å². The summed E-state index contributed by atoms with van der Waals surface area (Å²) in [5, 5.41) is 15.3. The lowest BCUT2D eigenvalue weighted by Crippen LogP contribution is -2.32. The van der Waals surface area contributed by atoms with Gasteiger partial charge in [-0.3, -0.25) is 0 Å². The highest BCUT2D eigenvalue weighted by atomic mass is 127. The Morgan fingerprint density at radius 1 is 1.10 bits per heavy atom. The number of carbonyl (C=O) groups excluding carboxylic acids is 1. The highest BCUT2D eigenvalue weighted by Gasteiger charge is 2.08. The molecule has 0 saturated heterocycles. The molecule has 3 N–H and O–H groups in total. The van der Waals surface area contributed by atoms with Crippen LogP contribution in [0.15, 0.2) is 54.6 Å². The average molecular weight is 382 g/mol. The molecule has 0 heterocycles. The maximum absolute atomic E-state index is 11.7. The lowest BCUT2D eigenvalue weighted by molar-refractivity contribution is 0.175. The molecule has 20 heavy (non-hydrogen) atoms. The molecule has 2 aromatic rings. The van der Waals surface area contributed by atoms with Gasteiger partial charge >= 0.3 is 6.03 Å². The van der Waals surface area contributed by atoms with E-state index in [2.05, 4.69) is 33.2 Å². The van der Waals surface area contributed by atoms with E-state index in [1.54, 1.807) is 0 Å². The molecule has 104 valence electrons. The van der Waals surface area contributed by atoms with Crippen LogP contribution in [0.2, 0.25) is 0 Å². The zero-order valence-corrected chi connectivity index (χ0v) is 12.9. The predicted octanol–water partition coefficient (Wildman–Crippen LogP) is 3.15. The number of hydrogen-bond acceptors (Lipinski definition) is 2. The van der Waals surface area contributed by atoms with Crippen molar-refractivity contribution >= 4 is 34.3 Å². The molecule has 1 atom stereocenters. The molecule has 0 aliphatic carbocycles. The number of amides is 2. The number of halogens is 1. The van der Waals surface area contributed by atoms with Gasteiger partial charge in [0.1, 0.15) is 0 Å². The molecule has 4 nitrogen and oxygen atoms in total. The molecule has 0 fully saturated rings. The highest BCUT2D eigenvalue weighted by molar-refractivity contribution is 14.1. The minimum atomic E-state index is -0.710. The molecule has 5 heteroatoms. The van der Waals surface area contributed by atoms with Crippen LogP contribution in [0.4, 0.5) is 10.5 Å². The lowest BCUT2D eigenvalue weighted by atomic mass is 10.1. The van der Waals surface area contributed by atoms with Crippen molar-refractivity contribution in [1.29, 1.82) is 0 Å². The fraction of sp³-hybridized carbons (Fsp3) is 0.133. The van der Waals surface area contributed by atoms with Crippen LogP contribution in [0.25, 0.3) is 0 Å². The fourth-order valence-corrected chi connectivity index (χ4v) is 2.05. The summed E-state index contributed by atoms with van der Waals surface area (Å²) in [6, 6.07) is 16.4. The fourth-order valence-electron chi connectivity index (χ4n) is 1.69. The molecule has 0 bridgehead atoms. The lowest BCUT2D eigenvalue weighted by Gasteiger charge is -2.13. The summed E-state index contributed by atoms with van der Waals surface area (Å²) < 4.78 is 1.10. The molecular formula is C15H15IN2O2. The zero-order chi connectivity index (χ0) is 14.4. The maximum Gasteiger partial charge on any atom is 0.319 e. The van der Waals surface area contributed by atoms with Crippen molar-refractivity contribution in [3.05, 3.63) is 63.7 Å². The van der Waals surface area contributed by atoms with Crippen molar-refractivity contribution in [2.75, 3.05) is 11.9 Å². The number of nitrogens with one attached hydrogen (secondary N) is 2. The van der Waals surface area contributed by atoms with Crippen molar-refractivity contribution in [2.45, 2.75) is 6.10 Å². The van der Waals surface area contributed by atoms with Crippen LogP contribution >= 0.6 is 22.6 Å². The second kappa shape index (κ2) is 7.25. The molecule has 0 spiro atoms. The van der Waals surface area contributed by atoms with Gasteiger partial charge in [0.05, 0.1) is 6.10 Å². The van der Waals surface area contributed by atoms with E-state index < -0.39 is 6.10 Å². The number of anilines is 1. The Balaban J connectivity index is 1.82. The Morgan fingerprint density at radius 3 is 2.40 bits per heavy atom. The quantitative estimate of drug-likeness (QED) is 0.712. The number of aliphatic hydroxyl groups excluding tert-OH is 1. The first-order valence-electron chi connectivity index (χ1n) is 6.18. The van der Waals surface area contributed by atoms with Gasteiger partial charge in [-0.25, -0.2) is 4.79 Å². The molecule has 2 rings (SSSR count). The largest absolute Gasteiger partial charge is 0.387 e. The van der Waals surface area contributed by atoms with Gasteiger partial charge in [0.25, 0.3) is 0 Å². The normalized spacial score (nSPS) is 11.7. The van der Waals surface area contributed by atoms with Gasteiger partial charge in [-0.05, 0) is 52.4 Å². The summed E-state index contributed by atoms with van der Waals surface area (Å²) in [4.78, 5) is 11.7. The van der Waals surface area contributed by atoms with Gasteiger partial charge in [0.2, 0.25) is 0 Å². The van der Waals surface area contributed by atoms with Crippen molar-refractivity contribution < 1.29 is 9.90 Å². The summed E-state index contributed by atoms with van der Waals surface area (Å²) in [5.74, 6) is 0. The first-order chi connectivity index (χ1) is 9.65. The Morgan fingerprint density at radius 2 is 1.75 bits per heavy atom. The molecule has 2 amide bonds. The van der Waals surface area contributed by atoms with E-state index in [1.807, 2.05) is 54.6 Å². The number of aliphatic hydroxyl groups is 1. The van der Waals surface area contributed by atoms with Crippen LogP contribution in [-0.2, 0) is 0 Å². The summed E-state index contributed by atoms with van der Waals surface area (Å²) in [6.07, 6.45) is -0.710. The third-order valence-corrected chi connectivity index (χ3v) is 3.46. The van der Waals surface area contributed by atoms with Crippen LogP contribution in [0.3, 0.4) is 0 Å². The van der Waals surface area contributed by atoms with Gasteiger partial charge in [0.15, 0.2) is 0 Å². The first-order valence-corrected chi connectivity index (χ1v) is 7.26. The van der Waals surface area contributed by atoms with E-state index in [0.717, 1.165) is 14.8 Å². The highest BCUT2D eigenvalue weighted by Crippen LogP contribution is 2.12. The topological polar surface area (TPSA) is 61.4 Å². The molecule has 2 aromatic carbocycles. The average Bonchev–Trinajstić information content (AvgIpc) is 2.48. The van der Waals surface area contributed by atoms with E-state index in [4.69, 9.17) is 0 Å². The molecule has 0 aliphatic rings. The SMILES string of the molecule is O=C(NC[C@@H](O)c1ccccc1)Nc1ccc(I)cc1. The molecule has 0 radical (unpaired) electrons. The third-order valence-electron chi connectivity index (χ3n) is 2.74. The number of hydrogen-bond donors (Lipinski definition) is 3. The predicted molar refractivity (Wildman–Crippen MR) is 87.6 cm³/mol. The molecule has 0 aromatic heterocycles. The summed E-state index contributed by atoms with van der Waals surface area (Å²) >= 11 is 2.20. The smallest absolute Gasteiger partial charge is 0.319 e. The first kappa shape index (κ1) is 14.8. The van der Waals surface area contributed by atoms with E-state index in [1.165, 1.54) is 0 Å². The van der Waals surface area contributed by atoms with Crippen LogP contribution in [-0.4, -0.2) is 17.7 Å². The van der Waals surface area contributed by atoms with Crippen molar-refractivity contribution in [2.24, 2.45) is 0 Å². The van der Waals surface area contributed by atoms with Crippen LogP contribution in [0.5, 0.6) is 0 Å². The number of benzene rings is 2. The third kappa shape index (κ3) is 4.50. The van der Waals surface area contributed by atoms with Crippen LogP contribution in [0, 0.1) is 3.57 Å². The Hall–Kier alpha value is -1.60. The van der Waals surface area contributed by atoms with Gasteiger partial charge in [-0.1, -0.05) is 30.3 Å². The van der Waals surface area contributed by atoms with E-state index in [9.17, 15) is 9.90 Å². The van der Waals surface area contributed by atoms with Gasteiger partial charge in [0, 0.05) is 15.8 Å². The van der Waals surface area contributed by atoms with Crippen molar-refractivity contribution in [3.8, 4) is 0 Å². The van der Waals surface area contributed by atoms with Crippen LogP contribution in [0.1, 0.15) is 11.7 Å². The number of urea groups is 1. The Labute approximate surface area is 131 Å². The zero-order valence-electron chi connectivity index (χ0n) is 10.7. The summed E-state index contributed by atoms with van der Waals surface area (Å²) in [6.45, 7) is 0.167. The van der Waals surface area contributed by atoms with Gasteiger partial charge < -0.3 is 15.7 Å². The minimum Gasteiger partial charge on any atom is -0.387 e. The van der Waals surface area contributed by atoms with Crippen LogP contribution < -0.4 is 10.6 Å². The van der Waals surface area contributed by atoms with Gasteiger partial charge in [-0.2, -0.15) is 0 Å². The van der Waals surface area contributed by atoms with E-state index >= 15 is 0 Å².